The van der Waals surface area contributed by atoms with E-state index in [0.717, 1.165) is 50.8 Å². The summed E-state index contributed by atoms with van der Waals surface area (Å²) in [7, 11) is 5.99. The fraction of sp³-hybridized carbons (Fsp3) is 0.667. The van der Waals surface area contributed by atoms with E-state index in [1.54, 1.807) is 19.8 Å². The standard InChI is InChI=1S/C18H28N8O/c1-23(2)15-10-25(11-16(15)27-3)17-4-7-20-18(22-17)24-8-5-14(6-9-24)26-13-19-12-21-26/h4,7,12-16H,5-6,8-11H2,1-3H3/t15-,16+/m0/s1. The second kappa shape index (κ2) is 7.77. The zero-order valence-electron chi connectivity index (χ0n) is 16.3. The highest BCUT2D eigenvalue weighted by Gasteiger charge is 2.35. The summed E-state index contributed by atoms with van der Waals surface area (Å²) in [5.74, 6) is 1.79. The Labute approximate surface area is 160 Å². The molecule has 0 unspecified atom stereocenters. The molecule has 0 amide bonds. The van der Waals surface area contributed by atoms with Gasteiger partial charge in [-0.2, -0.15) is 10.1 Å². The van der Waals surface area contributed by atoms with Crippen molar-refractivity contribution < 1.29 is 4.74 Å². The van der Waals surface area contributed by atoms with Crippen LogP contribution in [0.1, 0.15) is 18.9 Å². The first-order valence-corrected chi connectivity index (χ1v) is 9.52. The average Bonchev–Trinajstić information content (AvgIpc) is 3.38. The molecule has 2 saturated heterocycles. The van der Waals surface area contributed by atoms with Crippen LogP contribution in [0, 0.1) is 0 Å². The molecule has 0 aliphatic carbocycles. The van der Waals surface area contributed by atoms with Crippen LogP contribution in [-0.2, 0) is 4.74 Å². The Morgan fingerprint density at radius 3 is 2.59 bits per heavy atom. The number of piperidine rings is 1. The predicted octanol–water partition coefficient (Wildman–Crippen LogP) is 0.675. The van der Waals surface area contributed by atoms with E-state index in [0.29, 0.717) is 12.1 Å². The number of anilines is 2. The number of hydrogen-bond donors (Lipinski definition) is 0. The molecule has 2 aliphatic heterocycles. The van der Waals surface area contributed by atoms with Crippen molar-refractivity contribution in [2.24, 2.45) is 0 Å². The molecule has 4 rings (SSSR count). The Hall–Kier alpha value is -2.26. The highest BCUT2D eigenvalue weighted by molar-refractivity contribution is 5.45. The van der Waals surface area contributed by atoms with Crippen LogP contribution >= 0.6 is 0 Å². The van der Waals surface area contributed by atoms with Gasteiger partial charge in [-0.05, 0) is 33.0 Å². The molecule has 2 fully saturated rings. The third kappa shape index (κ3) is 3.74. The molecule has 27 heavy (non-hydrogen) atoms. The zero-order valence-corrected chi connectivity index (χ0v) is 16.3. The van der Waals surface area contributed by atoms with Crippen molar-refractivity contribution in [3.63, 3.8) is 0 Å². The smallest absolute Gasteiger partial charge is 0.227 e. The van der Waals surface area contributed by atoms with Gasteiger partial charge in [0.1, 0.15) is 18.5 Å². The van der Waals surface area contributed by atoms with Crippen LogP contribution < -0.4 is 9.80 Å². The van der Waals surface area contributed by atoms with E-state index >= 15 is 0 Å². The minimum Gasteiger partial charge on any atom is -0.378 e. The molecule has 9 nitrogen and oxygen atoms in total. The Bertz CT molecular complexity index is 729. The summed E-state index contributed by atoms with van der Waals surface area (Å²) in [5.41, 5.74) is 0. The fourth-order valence-corrected chi connectivity index (χ4v) is 4.08. The average molecular weight is 372 g/mol. The van der Waals surface area contributed by atoms with Gasteiger partial charge in [0.15, 0.2) is 0 Å². The summed E-state index contributed by atoms with van der Waals surface area (Å²) < 4.78 is 7.64. The highest BCUT2D eigenvalue weighted by atomic mass is 16.5. The Morgan fingerprint density at radius 1 is 1.15 bits per heavy atom. The zero-order chi connectivity index (χ0) is 18.8. The predicted molar refractivity (Wildman–Crippen MR) is 103 cm³/mol. The first kappa shape index (κ1) is 18.1. The molecule has 0 bridgehead atoms. The van der Waals surface area contributed by atoms with Gasteiger partial charge in [-0.15, -0.1) is 0 Å². The van der Waals surface area contributed by atoms with Crippen molar-refractivity contribution in [3.05, 3.63) is 24.9 Å². The summed E-state index contributed by atoms with van der Waals surface area (Å²) >= 11 is 0. The normalized spacial score (nSPS) is 24.1. The molecule has 2 aromatic rings. The van der Waals surface area contributed by atoms with Gasteiger partial charge in [0.25, 0.3) is 0 Å². The molecule has 9 heteroatoms. The number of nitrogens with zero attached hydrogens (tertiary/aromatic N) is 8. The largest absolute Gasteiger partial charge is 0.378 e. The van der Waals surface area contributed by atoms with Crippen LogP contribution in [0.25, 0.3) is 0 Å². The van der Waals surface area contributed by atoms with Crippen molar-refractivity contribution in [3.8, 4) is 0 Å². The van der Waals surface area contributed by atoms with Crippen LogP contribution in [0.4, 0.5) is 11.8 Å². The van der Waals surface area contributed by atoms with Gasteiger partial charge in [0, 0.05) is 39.5 Å². The second-order valence-electron chi connectivity index (χ2n) is 7.52. The summed E-state index contributed by atoms with van der Waals surface area (Å²) in [6, 6.07) is 2.77. The maximum Gasteiger partial charge on any atom is 0.227 e. The maximum absolute atomic E-state index is 5.68. The lowest BCUT2D eigenvalue weighted by atomic mass is 10.1. The Balaban J connectivity index is 1.43. The Morgan fingerprint density at radius 2 is 1.96 bits per heavy atom. The second-order valence-corrected chi connectivity index (χ2v) is 7.52. The maximum atomic E-state index is 5.68. The monoisotopic (exact) mass is 372 g/mol. The third-order valence-corrected chi connectivity index (χ3v) is 5.71. The minimum atomic E-state index is 0.192. The quantitative estimate of drug-likeness (QED) is 0.758. The van der Waals surface area contributed by atoms with E-state index in [-0.39, 0.29) is 6.10 Å². The molecule has 0 radical (unpaired) electrons. The molecule has 0 aromatic carbocycles. The van der Waals surface area contributed by atoms with Gasteiger partial charge in [-0.25, -0.2) is 14.6 Å². The molecule has 2 atom stereocenters. The van der Waals surface area contributed by atoms with Gasteiger partial charge < -0.3 is 19.4 Å². The number of aromatic nitrogens is 5. The number of rotatable bonds is 5. The van der Waals surface area contributed by atoms with Crippen LogP contribution in [0.2, 0.25) is 0 Å². The summed E-state index contributed by atoms with van der Waals surface area (Å²) in [6.45, 7) is 3.62. The first-order valence-electron chi connectivity index (χ1n) is 9.52. The van der Waals surface area contributed by atoms with Crippen molar-refractivity contribution >= 4 is 11.8 Å². The summed E-state index contributed by atoms with van der Waals surface area (Å²) in [5, 5.41) is 4.27. The van der Waals surface area contributed by atoms with E-state index in [1.165, 1.54) is 0 Å². The molecular formula is C18H28N8O. The number of hydrogen-bond acceptors (Lipinski definition) is 8. The fourth-order valence-electron chi connectivity index (χ4n) is 4.08. The lowest BCUT2D eigenvalue weighted by Crippen LogP contribution is -2.39. The van der Waals surface area contributed by atoms with Crippen LogP contribution in [-0.4, -0.2) is 89.2 Å². The van der Waals surface area contributed by atoms with Gasteiger partial charge >= 0.3 is 0 Å². The molecule has 0 N–H and O–H groups in total. The molecule has 0 saturated carbocycles. The van der Waals surface area contributed by atoms with Crippen LogP contribution in [0.3, 0.4) is 0 Å². The lowest BCUT2D eigenvalue weighted by Gasteiger charge is -2.32. The van der Waals surface area contributed by atoms with Gasteiger partial charge in [0.2, 0.25) is 5.95 Å². The summed E-state index contributed by atoms with van der Waals surface area (Å²) in [4.78, 5) is 20.2. The number of likely N-dealkylation sites (N-methyl/N-ethyl adjacent to an activating group) is 1. The number of methoxy groups -OCH3 is 1. The SMILES string of the molecule is CO[C@@H]1CN(c2ccnc(N3CCC(n4cncn4)CC3)n2)C[C@@H]1N(C)C. The van der Waals surface area contributed by atoms with Crippen LogP contribution in [0.5, 0.6) is 0 Å². The molecular weight excluding hydrogens is 344 g/mol. The van der Waals surface area contributed by atoms with E-state index in [1.807, 2.05) is 16.9 Å². The molecule has 146 valence electrons. The van der Waals surface area contributed by atoms with Crippen molar-refractivity contribution in [1.29, 1.82) is 0 Å². The molecule has 4 heterocycles. The van der Waals surface area contributed by atoms with Gasteiger partial charge in [0.05, 0.1) is 18.2 Å². The number of ether oxygens (including phenoxy) is 1. The van der Waals surface area contributed by atoms with Crippen molar-refractivity contribution in [2.45, 2.75) is 31.0 Å². The van der Waals surface area contributed by atoms with E-state index in [9.17, 15) is 0 Å². The third-order valence-electron chi connectivity index (χ3n) is 5.71. The topological polar surface area (TPSA) is 75.4 Å². The minimum absolute atomic E-state index is 0.192. The van der Waals surface area contributed by atoms with Crippen molar-refractivity contribution in [2.75, 3.05) is 57.2 Å². The van der Waals surface area contributed by atoms with E-state index in [4.69, 9.17) is 9.72 Å². The molecule has 2 aliphatic rings. The first-order chi connectivity index (χ1) is 13.2. The van der Waals surface area contributed by atoms with Gasteiger partial charge in [-0.1, -0.05) is 0 Å². The van der Waals surface area contributed by atoms with E-state index < -0.39 is 0 Å². The molecule has 0 spiro atoms. The Kier molecular flexibility index (Phi) is 5.22. The van der Waals surface area contributed by atoms with E-state index in [2.05, 4.69) is 43.9 Å². The van der Waals surface area contributed by atoms with Gasteiger partial charge in [-0.3, -0.25) is 0 Å². The van der Waals surface area contributed by atoms with Crippen LogP contribution in [0.15, 0.2) is 24.9 Å². The summed E-state index contributed by atoms with van der Waals surface area (Å²) in [6.07, 6.45) is 7.51. The molecule has 2 aromatic heterocycles. The lowest BCUT2D eigenvalue weighted by molar-refractivity contribution is 0.0639. The van der Waals surface area contributed by atoms with Crippen molar-refractivity contribution in [1.82, 2.24) is 29.6 Å². The highest BCUT2D eigenvalue weighted by Crippen LogP contribution is 2.26.